The molecule has 0 aromatic heterocycles. The van der Waals surface area contributed by atoms with E-state index in [2.05, 4.69) is 178 Å². The summed E-state index contributed by atoms with van der Waals surface area (Å²) in [4.78, 5) is 35.5. The minimum Gasteiger partial charge on any atom is -0.462 e. The number of rotatable bonds is 45. The molecule has 10 heteroatoms. The van der Waals surface area contributed by atoms with Gasteiger partial charge in [-0.05, 0) is 116 Å². The Morgan fingerprint density at radius 1 is 0.431 bits per heavy atom. The Labute approximate surface area is 438 Å². The van der Waals surface area contributed by atoms with Gasteiger partial charge >= 0.3 is 19.8 Å². The van der Waals surface area contributed by atoms with Crippen molar-refractivity contribution in [2.45, 2.75) is 148 Å². The normalized spacial score (nSPS) is 14.8. The molecular formula is C62H95NO8P+. The van der Waals surface area contributed by atoms with Crippen molar-refractivity contribution in [3.05, 3.63) is 182 Å². The molecule has 0 bridgehead atoms. The smallest absolute Gasteiger partial charge is 0.462 e. The molecule has 9 nitrogen and oxygen atoms in total. The van der Waals surface area contributed by atoms with E-state index in [0.29, 0.717) is 30.3 Å². The molecule has 0 radical (unpaired) electrons. The van der Waals surface area contributed by atoms with Crippen molar-refractivity contribution in [2.24, 2.45) is 0 Å². The van der Waals surface area contributed by atoms with Gasteiger partial charge in [0.2, 0.25) is 0 Å². The highest BCUT2D eigenvalue weighted by Crippen LogP contribution is 2.43. The summed E-state index contributed by atoms with van der Waals surface area (Å²) in [5.41, 5.74) is 0. The summed E-state index contributed by atoms with van der Waals surface area (Å²) in [6.45, 7) is 4.00. The van der Waals surface area contributed by atoms with Crippen LogP contribution in [0.1, 0.15) is 142 Å². The van der Waals surface area contributed by atoms with Gasteiger partial charge in [0.25, 0.3) is 0 Å². The van der Waals surface area contributed by atoms with Crippen LogP contribution in [0, 0.1) is 0 Å². The number of hydrogen-bond donors (Lipinski definition) is 1. The molecule has 2 unspecified atom stereocenters. The van der Waals surface area contributed by atoms with Crippen LogP contribution in [0.5, 0.6) is 0 Å². The lowest BCUT2D eigenvalue weighted by molar-refractivity contribution is -0.870. The molecule has 0 heterocycles. The van der Waals surface area contributed by atoms with Crippen LogP contribution in [0.2, 0.25) is 0 Å². The third kappa shape index (κ3) is 54.4. The van der Waals surface area contributed by atoms with Crippen molar-refractivity contribution in [1.29, 1.82) is 0 Å². The summed E-state index contributed by atoms with van der Waals surface area (Å²) in [6, 6.07) is 0. The molecule has 0 aromatic rings. The lowest BCUT2D eigenvalue weighted by Gasteiger charge is -2.24. The molecule has 1 N–H and O–H groups in total. The fraction of sp³-hybridized carbons (Fsp3) is 0.484. The molecule has 0 rings (SSSR count). The maximum atomic E-state index is 12.8. The second-order valence-electron chi connectivity index (χ2n) is 17.8. The molecule has 400 valence electrons. The number of phosphoric ester groups is 1. The van der Waals surface area contributed by atoms with Gasteiger partial charge in [0, 0.05) is 12.8 Å². The number of ether oxygens (including phenoxy) is 2. The molecule has 0 amide bonds. The summed E-state index contributed by atoms with van der Waals surface area (Å²) in [5.74, 6) is -0.987. The third-order valence-corrected chi connectivity index (χ3v) is 10.9. The van der Waals surface area contributed by atoms with Gasteiger partial charge in [-0.25, -0.2) is 4.57 Å². The summed E-state index contributed by atoms with van der Waals surface area (Å²) in [7, 11) is 1.37. The Kier molecular flexibility index (Phi) is 47.6. The van der Waals surface area contributed by atoms with Crippen LogP contribution in [0.15, 0.2) is 182 Å². The van der Waals surface area contributed by atoms with E-state index in [1.807, 2.05) is 39.4 Å². The quantitative estimate of drug-likeness (QED) is 0.0211. The van der Waals surface area contributed by atoms with Gasteiger partial charge in [0.05, 0.1) is 27.7 Å². The molecule has 0 fully saturated rings. The van der Waals surface area contributed by atoms with Crippen molar-refractivity contribution in [3.63, 3.8) is 0 Å². The Morgan fingerprint density at radius 2 is 0.750 bits per heavy atom. The van der Waals surface area contributed by atoms with Crippen LogP contribution in [0.25, 0.3) is 0 Å². The Bertz CT molecular complexity index is 1860. The average molecular weight is 1010 g/mol. The van der Waals surface area contributed by atoms with E-state index in [-0.39, 0.29) is 26.1 Å². The van der Waals surface area contributed by atoms with Gasteiger partial charge < -0.3 is 18.9 Å². The Hall–Kier alpha value is -4.89. The fourth-order valence-corrected chi connectivity index (χ4v) is 6.66. The highest BCUT2D eigenvalue weighted by atomic mass is 31.2. The molecule has 0 saturated heterocycles. The highest BCUT2D eigenvalue weighted by molar-refractivity contribution is 7.47. The lowest BCUT2D eigenvalue weighted by Crippen LogP contribution is -2.37. The second kappa shape index (κ2) is 51.0. The second-order valence-corrected chi connectivity index (χ2v) is 19.2. The van der Waals surface area contributed by atoms with E-state index in [0.717, 1.165) is 96.3 Å². The van der Waals surface area contributed by atoms with E-state index < -0.39 is 32.5 Å². The first-order chi connectivity index (χ1) is 35.0. The number of allylic oxidation sites excluding steroid dienone is 30. The molecule has 0 aliphatic heterocycles. The van der Waals surface area contributed by atoms with Crippen molar-refractivity contribution < 1.29 is 42.1 Å². The number of quaternary nitrogens is 1. The Balaban J connectivity index is 4.50. The monoisotopic (exact) mass is 1010 g/mol. The summed E-state index contributed by atoms with van der Waals surface area (Å²) in [5, 5.41) is 0. The number of likely N-dealkylation sites (N-methyl/N-ethyl adjacent to an activating group) is 1. The van der Waals surface area contributed by atoms with Gasteiger partial charge in [0.15, 0.2) is 6.10 Å². The first-order valence-electron chi connectivity index (χ1n) is 26.5. The van der Waals surface area contributed by atoms with Gasteiger partial charge in [0.1, 0.15) is 19.8 Å². The molecule has 72 heavy (non-hydrogen) atoms. The van der Waals surface area contributed by atoms with E-state index >= 15 is 0 Å². The van der Waals surface area contributed by atoms with Crippen LogP contribution in [-0.4, -0.2) is 74.9 Å². The Morgan fingerprint density at radius 3 is 1.08 bits per heavy atom. The molecule has 2 atom stereocenters. The summed E-state index contributed by atoms with van der Waals surface area (Å²) < 4.78 is 34.3. The predicted molar refractivity (Wildman–Crippen MR) is 306 cm³/mol. The van der Waals surface area contributed by atoms with E-state index in [1.54, 1.807) is 0 Å². The topological polar surface area (TPSA) is 108 Å². The first-order valence-corrected chi connectivity index (χ1v) is 28.0. The van der Waals surface area contributed by atoms with Crippen molar-refractivity contribution in [1.82, 2.24) is 0 Å². The zero-order valence-electron chi connectivity index (χ0n) is 45.1. The number of nitrogens with zero attached hydrogens (tertiary/aromatic N) is 1. The van der Waals surface area contributed by atoms with Crippen LogP contribution in [-0.2, 0) is 32.7 Å². The maximum absolute atomic E-state index is 12.8. The zero-order chi connectivity index (χ0) is 52.7. The van der Waals surface area contributed by atoms with E-state index in [1.165, 1.54) is 0 Å². The molecule has 0 aliphatic rings. The van der Waals surface area contributed by atoms with Crippen molar-refractivity contribution in [3.8, 4) is 0 Å². The fourth-order valence-electron chi connectivity index (χ4n) is 5.92. The molecule has 0 aliphatic carbocycles. The number of esters is 2. The van der Waals surface area contributed by atoms with Gasteiger partial charge in [-0.15, -0.1) is 0 Å². The molecule has 0 saturated carbocycles. The molecule has 0 spiro atoms. The number of carbonyl (C=O) groups excluding carboxylic acids is 2. The maximum Gasteiger partial charge on any atom is 0.472 e. The van der Waals surface area contributed by atoms with Crippen LogP contribution in [0.4, 0.5) is 0 Å². The first kappa shape index (κ1) is 67.1. The minimum absolute atomic E-state index is 0.00258. The number of phosphoric acid groups is 1. The standard InChI is InChI=1S/C62H94NO8P/c1-6-8-10-12-14-16-18-20-22-24-26-27-28-29-30-31-32-33-34-35-37-39-41-43-45-47-49-51-53-55-62(65)71-60(59-70-72(66,67)69-57-56-63(3,4)5)58-68-61(64)54-52-50-48-46-44-42-40-38-36-25-23-21-19-17-15-13-11-9-7-2/h8-11,14-17,20-23,26-27,29-30,32-33,35-38,41-44,47-50,60H,6-7,12-13,18-19,24-25,28,31,34,39-40,45-46,51-59H2,1-5H3/p+1/b10-8-,11-9-,16-14-,17-15-,22-20-,23-21-,27-26-,30-29-,33-32-,37-35-,38-36-,43-41-,44-42-,49-47-,50-48-. The van der Waals surface area contributed by atoms with Gasteiger partial charge in [-0.1, -0.05) is 196 Å². The SMILES string of the molecule is CC/C=C\C/C=C\C/C=C\C/C=C\C/C=C\C/C=C\C/C=C\C/C=C\C/C=C\CCCC(=O)OC(COC(=O)CC/C=C\C/C=C\C/C=C\C/C=C\C/C=C\C/C=C\CC)COP(=O)(O)OCC[N+](C)(C)C. The third-order valence-electron chi connectivity index (χ3n) is 9.94. The van der Waals surface area contributed by atoms with Crippen LogP contribution < -0.4 is 0 Å². The minimum atomic E-state index is -4.43. The van der Waals surface area contributed by atoms with Crippen molar-refractivity contribution >= 4 is 19.8 Å². The molecule has 0 aromatic carbocycles. The zero-order valence-corrected chi connectivity index (χ0v) is 46.0. The summed E-state index contributed by atoms with van der Waals surface area (Å²) in [6.07, 6.45) is 79.8. The van der Waals surface area contributed by atoms with Gasteiger partial charge in [-0.3, -0.25) is 18.6 Å². The summed E-state index contributed by atoms with van der Waals surface area (Å²) >= 11 is 0. The largest absolute Gasteiger partial charge is 0.472 e. The van der Waals surface area contributed by atoms with Crippen molar-refractivity contribution in [2.75, 3.05) is 47.5 Å². The molecular weight excluding hydrogens is 918 g/mol. The number of carbonyl (C=O) groups is 2. The van der Waals surface area contributed by atoms with E-state index in [4.69, 9.17) is 18.5 Å². The number of unbranched alkanes of at least 4 members (excludes halogenated alkanes) is 1. The lowest BCUT2D eigenvalue weighted by atomic mass is 10.2. The van der Waals surface area contributed by atoms with Crippen LogP contribution in [0.3, 0.4) is 0 Å². The average Bonchev–Trinajstić information content (AvgIpc) is 3.34. The van der Waals surface area contributed by atoms with Crippen LogP contribution >= 0.6 is 7.82 Å². The predicted octanol–water partition coefficient (Wildman–Crippen LogP) is 16.5. The van der Waals surface area contributed by atoms with E-state index in [9.17, 15) is 19.0 Å². The number of hydrogen-bond acceptors (Lipinski definition) is 7. The van der Waals surface area contributed by atoms with Gasteiger partial charge in [-0.2, -0.15) is 0 Å². The highest BCUT2D eigenvalue weighted by Gasteiger charge is 2.27.